The monoisotopic (exact) mass is 369 g/mol. The quantitative estimate of drug-likeness (QED) is 0.565. The van der Waals surface area contributed by atoms with Gasteiger partial charge in [-0.1, -0.05) is 26.0 Å². The Hall–Kier alpha value is -3.15. The third-order valence-corrected chi connectivity index (χ3v) is 3.76. The summed E-state index contributed by atoms with van der Waals surface area (Å²) in [5.74, 6) is 0.619. The van der Waals surface area contributed by atoms with Crippen molar-refractivity contribution in [1.82, 2.24) is 0 Å². The molecular weight excluding hydrogens is 349 g/mol. The molecule has 0 saturated heterocycles. The van der Waals surface area contributed by atoms with E-state index in [2.05, 4.69) is 18.8 Å². The highest BCUT2D eigenvalue weighted by Crippen LogP contribution is 2.30. The summed E-state index contributed by atoms with van der Waals surface area (Å²) in [4.78, 5) is 16.3. The summed E-state index contributed by atoms with van der Waals surface area (Å²) >= 11 is 0. The zero-order valence-corrected chi connectivity index (χ0v) is 15.4. The lowest BCUT2D eigenvalue weighted by Crippen LogP contribution is -2.06. The molecule has 5 nitrogen and oxygen atoms in total. The van der Waals surface area contributed by atoms with Crippen LogP contribution in [0.4, 0.5) is 4.39 Å². The van der Waals surface area contributed by atoms with Crippen LogP contribution in [0.2, 0.25) is 0 Å². The summed E-state index contributed by atoms with van der Waals surface area (Å²) < 4.78 is 29.6. The van der Waals surface area contributed by atoms with Crippen LogP contribution in [0.15, 0.2) is 53.2 Å². The fourth-order valence-corrected chi connectivity index (χ4v) is 2.46. The fourth-order valence-electron chi connectivity index (χ4n) is 2.46. The predicted molar refractivity (Wildman–Crippen MR) is 100 cm³/mol. The molecule has 0 spiro atoms. The Morgan fingerprint density at radius 3 is 2.70 bits per heavy atom. The van der Waals surface area contributed by atoms with Crippen molar-refractivity contribution in [3.8, 4) is 11.5 Å². The van der Waals surface area contributed by atoms with Crippen LogP contribution in [0, 0.1) is 11.7 Å². The van der Waals surface area contributed by atoms with Crippen LogP contribution in [0.25, 0.3) is 6.08 Å². The van der Waals surface area contributed by atoms with Gasteiger partial charge < -0.3 is 14.2 Å². The predicted octanol–water partition coefficient (Wildman–Crippen LogP) is 4.21. The van der Waals surface area contributed by atoms with Gasteiger partial charge in [-0.25, -0.2) is 14.2 Å². The standard InChI is InChI=1S/C21H20FNO4/c1-13(2)12-26-19-10-14(7-8-18(19)25-3)9-17-21(24)27-20(23-17)15-5-4-6-16(22)11-15/h4-11,13H,12H2,1-3H3/b17-9-. The topological polar surface area (TPSA) is 57.1 Å². The number of nitrogens with zero attached hydrogens (tertiary/aromatic N) is 1. The third-order valence-electron chi connectivity index (χ3n) is 3.76. The first-order valence-electron chi connectivity index (χ1n) is 8.55. The number of rotatable bonds is 6. The number of carbonyl (C=O) groups is 1. The van der Waals surface area contributed by atoms with Crippen molar-refractivity contribution in [3.63, 3.8) is 0 Å². The van der Waals surface area contributed by atoms with Crippen LogP contribution < -0.4 is 9.47 Å². The van der Waals surface area contributed by atoms with Gasteiger partial charge >= 0.3 is 5.97 Å². The van der Waals surface area contributed by atoms with Crippen molar-refractivity contribution < 1.29 is 23.4 Å². The molecular formula is C21H20FNO4. The Morgan fingerprint density at radius 2 is 2.00 bits per heavy atom. The van der Waals surface area contributed by atoms with Crippen molar-refractivity contribution in [3.05, 3.63) is 65.1 Å². The van der Waals surface area contributed by atoms with Crippen molar-refractivity contribution in [2.75, 3.05) is 13.7 Å². The lowest BCUT2D eigenvalue weighted by Gasteiger charge is -2.13. The van der Waals surface area contributed by atoms with E-state index in [9.17, 15) is 9.18 Å². The molecule has 0 radical (unpaired) electrons. The number of carbonyl (C=O) groups excluding carboxylic acids is 1. The van der Waals surface area contributed by atoms with Crippen molar-refractivity contribution in [1.29, 1.82) is 0 Å². The second-order valence-corrected chi connectivity index (χ2v) is 6.46. The van der Waals surface area contributed by atoms with E-state index in [1.165, 1.54) is 18.2 Å². The van der Waals surface area contributed by atoms with E-state index in [1.54, 1.807) is 37.5 Å². The van der Waals surface area contributed by atoms with Gasteiger partial charge in [0.1, 0.15) is 5.82 Å². The smallest absolute Gasteiger partial charge is 0.363 e. The van der Waals surface area contributed by atoms with Gasteiger partial charge in [-0.3, -0.25) is 0 Å². The summed E-state index contributed by atoms with van der Waals surface area (Å²) in [6, 6.07) is 11.1. The molecule has 2 aromatic carbocycles. The van der Waals surface area contributed by atoms with Crippen LogP contribution >= 0.6 is 0 Å². The van der Waals surface area contributed by atoms with Crippen LogP contribution in [0.1, 0.15) is 25.0 Å². The summed E-state index contributed by atoms with van der Waals surface area (Å²) in [6.07, 6.45) is 1.59. The van der Waals surface area contributed by atoms with Gasteiger partial charge in [0.15, 0.2) is 17.2 Å². The maximum Gasteiger partial charge on any atom is 0.363 e. The molecule has 1 heterocycles. The minimum Gasteiger partial charge on any atom is -0.493 e. The molecule has 0 aliphatic carbocycles. The molecule has 0 aromatic heterocycles. The van der Waals surface area contributed by atoms with Gasteiger partial charge in [0, 0.05) is 5.56 Å². The molecule has 27 heavy (non-hydrogen) atoms. The zero-order valence-electron chi connectivity index (χ0n) is 15.4. The average molecular weight is 369 g/mol. The third kappa shape index (κ3) is 4.53. The molecule has 0 unspecified atom stereocenters. The van der Waals surface area contributed by atoms with E-state index in [0.717, 1.165) is 0 Å². The SMILES string of the molecule is COc1ccc(/C=C2\N=C(c3cccc(F)c3)OC2=O)cc1OCC(C)C. The average Bonchev–Trinajstić information content (AvgIpc) is 3.01. The van der Waals surface area contributed by atoms with Gasteiger partial charge in [0.25, 0.3) is 0 Å². The lowest BCUT2D eigenvalue weighted by molar-refractivity contribution is -0.129. The second kappa shape index (κ2) is 8.03. The Balaban J connectivity index is 1.89. The highest BCUT2D eigenvalue weighted by atomic mass is 19.1. The number of hydrogen-bond acceptors (Lipinski definition) is 5. The second-order valence-electron chi connectivity index (χ2n) is 6.46. The highest BCUT2D eigenvalue weighted by Gasteiger charge is 2.24. The molecule has 0 atom stereocenters. The van der Waals surface area contributed by atoms with Gasteiger partial charge in [-0.05, 0) is 47.9 Å². The fraction of sp³-hybridized carbons (Fsp3) is 0.238. The lowest BCUT2D eigenvalue weighted by atomic mass is 10.1. The molecule has 0 amide bonds. The summed E-state index contributed by atoms with van der Waals surface area (Å²) in [5, 5.41) is 0. The maximum absolute atomic E-state index is 13.4. The first-order valence-corrected chi connectivity index (χ1v) is 8.55. The molecule has 1 aliphatic rings. The number of ether oxygens (including phenoxy) is 3. The van der Waals surface area contributed by atoms with Crippen molar-refractivity contribution >= 4 is 17.9 Å². The molecule has 0 N–H and O–H groups in total. The van der Waals surface area contributed by atoms with Crippen LogP contribution in [-0.4, -0.2) is 25.6 Å². The van der Waals surface area contributed by atoms with E-state index in [4.69, 9.17) is 14.2 Å². The normalized spacial score (nSPS) is 15.1. The first kappa shape index (κ1) is 18.6. The summed E-state index contributed by atoms with van der Waals surface area (Å²) in [6.45, 7) is 4.64. The molecule has 2 aromatic rings. The number of esters is 1. The first-order chi connectivity index (χ1) is 13.0. The number of halogens is 1. The van der Waals surface area contributed by atoms with E-state index in [1.807, 2.05) is 0 Å². The number of benzene rings is 2. The number of cyclic esters (lactones) is 1. The van der Waals surface area contributed by atoms with Crippen molar-refractivity contribution in [2.24, 2.45) is 10.9 Å². The Kier molecular flexibility index (Phi) is 5.54. The Morgan fingerprint density at radius 1 is 1.19 bits per heavy atom. The minimum atomic E-state index is -0.588. The minimum absolute atomic E-state index is 0.0792. The molecule has 1 aliphatic heterocycles. The number of aliphatic imine (C=N–C) groups is 1. The van der Waals surface area contributed by atoms with Crippen LogP contribution in [0.3, 0.4) is 0 Å². The molecule has 0 saturated carbocycles. The number of methoxy groups -OCH3 is 1. The van der Waals surface area contributed by atoms with Crippen molar-refractivity contribution in [2.45, 2.75) is 13.8 Å². The van der Waals surface area contributed by atoms with Crippen LogP contribution in [0.5, 0.6) is 11.5 Å². The molecule has 3 rings (SSSR count). The molecule has 140 valence electrons. The number of hydrogen-bond donors (Lipinski definition) is 0. The van der Waals surface area contributed by atoms with E-state index in [-0.39, 0.29) is 11.6 Å². The summed E-state index contributed by atoms with van der Waals surface area (Å²) in [7, 11) is 1.57. The van der Waals surface area contributed by atoms with Gasteiger partial charge in [0.05, 0.1) is 13.7 Å². The van der Waals surface area contributed by atoms with Gasteiger partial charge in [-0.2, -0.15) is 0 Å². The largest absolute Gasteiger partial charge is 0.493 e. The van der Waals surface area contributed by atoms with Gasteiger partial charge in [-0.15, -0.1) is 0 Å². The van der Waals surface area contributed by atoms with E-state index >= 15 is 0 Å². The van der Waals surface area contributed by atoms with E-state index in [0.29, 0.717) is 35.2 Å². The molecule has 0 fully saturated rings. The zero-order chi connectivity index (χ0) is 19.4. The van der Waals surface area contributed by atoms with E-state index < -0.39 is 11.8 Å². The molecule has 0 bridgehead atoms. The highest BCUT2D eigenvalue weighted by molar-refractivity contribution is 6.12. The maximum atomic E-state index is 13.4. The Bertz CT molecular complexity index is 918. The molecule has 6 heteroatoms. The Labute approximate surface area is 157 Å². The van der Waals surface area contributed by atoms with Crippen LogP contribution in [-0.2, 0) is 9.53 Å². The van der Waals surface area contributed by atoms with Gasteiger partial charge in [0.2, 0.25) is 5.90 Å². The summed E-state index contributed by atoms with van der Waals surface area (Å²) in [5.41, 5.74) is 1.25.